The Balaban J connectivity index is 1.43. The van der Waals surface area contributed by atoms with Gasteiger partial charge in [0.2, 0.25) is 5.91 Å². The van der Waals surface area contributed by atoms with Gasteiger partial charge in [-0.2, -0.15) is 11.3 Å². The second kappa shape index (κ2) is 13.5. The van der Waals surface area contributed by atoms with Crippen molar-refractivity contribution in [3.63, 3.8) is 0 Å². The molecular formula is C30H27N3O4S2. The summed E-state index contributed by atoms with van der Waals surface area (Å²) in [7, 11) is 1.57. The first-order valence-electron chi connectivity index (χ1n) is 12.0. The minimum atomic E-state index is -0.462. The molecule has 0 aliphatic heterocycles. The molecule has 1 atom stereocenters. The number of amides is 3. The van der Waals surface area contributed by atoms with Crippen LogP contribution in [0.1, 0.15) is 22.8 Å². The van der Waals surface area contributed by atoms with Crippen molar-refractivity contribution in [1.29, 1.82) is 0 Å². The lowest BCUT2D eigenvalue weighted by Crippen LogP contribution is -2.30. The van der Waals surface area contributed by atoms with Crippen LogP contribution in [0.15, 0.2) is 106 Å². The van der Waals surface area contributed by atoms with E-state index in [2.05, 4.69) is 16.0 Å². The number of thiophene rings is 1. The zero-order valence-electron chi connectivity index (χ0n) is 21.3. The first kappa shape index (κ1) is 27.7. The van der Waals surface area contributed by atoms with Crippen molar-refractivity contribution in [2.24, 2.45) is 0 Å². The largest absolute Gasteiger partial charge is 0.497 e. The van der Waals surface area contributed by atoms with E-state index in [1.165, 1.54) is 23.1 Å². The Labute approximate surface area is 235 Å². The SMILES string of the molecule is COc1cccc(NC(=O)C(C)Sc2cccc(NC(=O)/C(=C/c3ccsc3)NC(=O)c3ccccc3)c2)c1. The first-order chi connectivity index (χ1) is 18.9. The summed E-state index contributed by atoms with van der Waals surface area (Å²) < 4.78 is 5.21. The molecule has 0 aliphatic rings. The van der Waals surface area contributed by atoms with Crippen molar-refractivity contribution >= 4 is 58.3 Å². The number of carbonyl (C=O) groups excluding carboxylic acids is 3. The average molecular weight is 558 g/mol. The molecular weight excluding hydrogens is 530 g/mol. The van der Waals surface area contributed by atoms with Crippen LogP contribution in [-0.2, 0) is 9.59 Å². The molecule has 198 valence electrons. The molecule has 0 radical (unpaired) electrons. The highest BCUT2D eigenvalue weighted by molar-refractivity contribution is 8.00. The second-order valence-corrected chi connectivity index (χ2v) is 10.6. The number of anilines is 2. The third kappa shape index (κ3) is 8.07. The van der Waals surface area contributed by atoms with Crippen LogP contribution in [-0.4, -0.2) is 30.1 Å². The van der Waals surface area contributed by atoms with Crippen LogP contribution in [0.25, 0.3) is 6.08 Å². The molecule has 0 saturated carbocycles. The highest BCUT2D eigenvalue weighted by Gasteiger charge is 2.17. The second-order valence-electron chi connectivity index (χ2n) is 8.40. The fourth-order valence-electron chi connectivity index (χ4n) is 3.51. The quantitative estimate of drug-likeness (QED) is 0.157. The maximum absolute atomic E-state index is 13.2. The molecule has 4 aromatic rings. The molecule has 3 amide bonds. The predicted octanol–water partition coefficient (Wildman–Crippen LogP) is 6.29. The topological polar surface area (TPSA) is 96.5 Å². The Hall–Kier alpha value is -4.34. The molecule has 0 spiro atoms. The van der Waals surface area contributed by atoms with Gasteiger partial charge in [-0.1, -0.05) is 30.3 Å². The van der Waals surface area contributed by atoms with Crippen LogP contribution in [0.2, 0.25) is 0 Å². The van der Waals surface area contributed by atoms with E-state index >= 15 is 0 Å². The number of carbonyl (C=O) groups is 3. The van der Waals surface area contributed by atoms with Crippen LogP contribution >= 0.6 is 23.1 Å². The fraction of sp³-hybridized carbons (Fsp3) is 0.100. The summed E-state index contributed by atoms with van der Waals surface area (Å²) in [6.45, 7) is 1.81. The molecule has 3 aromatic carbocycles. The van der Waals surface area contributed by atoms with E-state index in [0.29, 0.717) is 22.7 Å². The Morgan fingerprint density at radius 2 is 1.64 bits per heavy atom. The third-order valence-corrected chi connectivity index (χ3v) is 7.29. The van der Waals surface area contributed by atoms with E-state index < -0.39 is 11.2 Å². The fourth-order valence-corrected chi connectivity index (χ4v) is 5.06. The zero-order chi connectivity index (χ0) is 27.6. The highest BCUT2D eigenvalue weighted by atomic mass is 32.2. The molecule has 0 bridgehead atoms. The van der Waals surface area contributed by atoms with Crippen LogP contribution in [0, 0.1) is 0 Å². The van der Waals surface area contributed by atoms with Gasteiger partial charge in [0.25, 0.3) is 11.8 Å². The Morgan fingerprint density at radius 1 is 0.897 bits per heavy atom. The molecule has 1 unspecified atom stereocenters. The van der Waals surface area contributed by atoms with Crippen molar-refractivity contribution in [2.45, 2.75) is 17.1 Å². The number of rotatable bonds is 10. The van der Waals surface area contributed by atoms with E-state index in [1.54, 1.807) is 67.8 Å². The molecule has 0 aliphatic carbocycles. The van der Waals surface area contributed by atoms with E-state index in [1.807, 2.05) is 48.0 Å². The van der Waals surface area contributed by atoms with Crippen LogP contribution in [0.3, 0.4) is 0 Å². The third-order valence-electron chi connectivity index (χ3n) is 5.49. The van der Waals surface area contributed by atoms with Gasteiger partial charge in [0, 0.05) is 27.9 Å². The Bertz CT molecular complexity index is 1470. The molecule has 0 saturated heterocycles. The van der Waals surface area contributed by atoms with Gasteiger partial charge in [-0.05, 0) is 77.9 Å². The smallest absolute Gasteiger partial charge is 0.272 e. The Kier molecular flexibility index (Phi) is 9.55. The highest BCUT2D eigenvalue weighted by Crippen LogP contribution is 2.27. The zero-order valence-corrected chi connectivity index (χ0v) is 23.0. The van der Waals surface area contributed by atoms with Gasteiger partial charge in [0.05, 0.1) is 12.4 Å². The van der Waals surface area contributed by atoms with Crippen molar-refractivity contribution in [3.05, 3.63) is 113 Å². The number of nitrogens with one attached hydrogen (secondary N) is 3. The number of hydrogen-bond acceptors (Lipinski definition) is 6. The molecule has 4 rings (SSSR count). The van der Waals surface area contributed by atoms with Crippen molar-refractivity contribution in [1.82, 2.24) is 5.32 Å². The summed E-state index contributed by atoms with van der Waals surface area (Å²) >= 11 is 2.86. The summed E-state index contributed by atoms with van der Waals surface area (Å²) in [5.41, 5.74) is 2.55. The summed E-state index contributed by atoms with van der Waals surface area (Å²) in [4.78, 5) is 39.6. The molecule has 1 heterocycles. The van der Waals surface area contributed by atoms with Gasteiger partial charge < -0.3 is 20.7 Å². The molecule has 9 heteroatoms. The van der Waals surface area contributed by atoms with Gasteiger partial charge in [0.15, 0.2) is 0 Å². The first-order valence-corrected chi connectivity index (χ1v) is 13.9. The van der Waals surface area contributed by atoms with E-state index in [0.717, 1.165) is 10.5 Å². The summed E-state index contributed by atoms with van der Waals surface area (Å²) in [5, 5.41) is 11.9. The maximum atomic E-state index is 13.2. The molecule has 39 heavy (non-hydrogen) atoms. The van der Waals surface area contributed by atoms with Crippen molar-refractivity contribution in [3.8, 4) is 5.75 Å². The predicted molar refractivity (Wildman–Crippen MR) is 158 cm³/mol. The van der Waals surface area contributed by atoms with Crippen molar-refractivity contribution < 1.29 is 19.1 Å². The van der Waals surface area contributed by atoms with Gasteiger partial charge in [-0.15, -0.1) is 11.8 Å². The van der Waals surface area contributed by atoms with Crippen molar-refractivity contribution in [2.75, 3.05) is 17.7 Å². The average Bonchev–Trinajstić information content (AvgIpc) is 3.46. The minimum Gasteiger partial charge on any atom is -0.497 e. The normalized spacial score (nSPS) is 11.8. The number of thioether (sulfide) groups is 1. The van der Waals surface area contributed by atoms with Gasteiger partial charge in [-0.3, -0.25) is 14.4 Å². The van der Waals surface area contributed by atoms with Gasteiger partial charge in [-0.25, -0.2) is 0 Å². The van der Waals surface area contributed by atoms with E-state index in [4.69, 9.17) is 4.74 Å². The number of ether oxygens (including phenoxy) is 1. The minimum absolute atomic E-state index is 0.117. The number of methoxy groups -OCH3 is 1. The lowest BCUT2D eigenvalue weighted by atomic mass is 10.2. The monoisotopic (exact) mass is 557 g/mol. The number of hydrogen-bond donors (Lipinski definition) is 3. The van der Waals surface area contributed by atoms with Gasteiger partial charge in [0.1, 0.15) is 11.4 Å². The van der Waals surface area contributed by atoms with Crippen LogP contribution < -0.4 is 20.7 Å². The van der Waals surface area contributed by atoms with E-state index in [-0.39, 0.29) is 17.5 Å². The molecule has 0 fully saturated rings. The Morgan fingerprint density at radius 3 is 2.36 bits per heavy atom. The summed E-state index contributed by atoms with van der Waals surface area (Å²) in [6, 6.07) is 25.0. The lowest BCUT2D eigenvalue weighted by Gasteiger charge is -2.14. The molecule has 1 aromatic heterocycles. The van der Waals surface area contributed by atoms with Gasteiger partial charge >= 0.3 is 0 Å². The lowest BCUT2D eigenvalue weighted by molar-refractivity contribution is -0.115. The summed E-state index contributed by atoms with van der Waals surface area (Å²) in [6.07, 6.45) is 1.64. The van der Waals surface area contributed by atoms with Crippen LogP contribution in [0.4, 0.5) is 11.4 Å². The molecule has 3 N–H and O–H groups in total. The van der Waals surface area contributed by atoms with E-state index in [9.17, 15) is 14.4 Å². The molecule has 7 nitrogen and oxygen atoms in total. The summed E-state index contributed by atoms with van der Waals surface area (Å²) in [5.74, 6) is -0.347. The number of benzene rings is 3. The maximum Gasteiger partial charge on any atom is 0.272 e. The van der Waals surface area contributed by atoms with Crippen LogP contribution in [0.5, 0.6) is 5.75 Å². The standard InChI is InChI=1S/C30H27N3O4S2/c1-20(28(34)31-23-10-6-12-25(17-23)37-2)39-26-13-7-11-24(18-26)32-30(36)27(16-21-14-15-38-19-21)33-29(35)22-8-4-3-5-9-22/h3-20H,1-2H3,(H,31,34)(H,32,36)(H,33,35)/b27-16-.